The Bertz CT molecular complexity index is 666. The maximum atomic E-state index is 12.3. The predicted molar refractivity (Wildman–Crippen MR) is 80.7 cm³/mol. The molecule has 1 heterocycles. The minimum absolute atomic E-state index is 0.171. The first kappa shape index (κ1) is 13.7. The van der Waals surface area contributed by atoms with Gasteiger partial charge < -0.3 is 5.32 Å². The van der Waals surface area contributed by atoms with E-state index in [-0.39, 0.29) is 23.1 Å². The quantitative estimate of drug-likeness (QED) is 0.908. The highest BCUT2D eigenvalue weighted by molar-refractivity contribution is 5.93. The zero-order valence-corrected chi connectivity index (χ0v) is 11.8. The number of amides is 1. The van der Waals surface area contributed by atoms with E-state index in [1.807, 2.05) is 30.3 Å². The number of hydrogen-bond acceptors (Lipinski definition) is 2. The lowest BCUT2D eigenvalue weighted by Crippen LogP contribution is -2.38. The fourth-order valence-corrected chi connectivity index (χ4v) is 2.81. The number of aromatic amines is 1. The average Bonchev–Trinajstić information content (AvgIpc) is 2.91. The number of benzene rings is 1. The van der Waals surface area contributed by atoms with Crippen LogP contribution in [0.5, 0.6) is 0 Å². The van der Waals surface area contributed by atoms with Gasteiger partial charge >= 0.3 is 0 Å². The summed E-state index contributed by atoms with van der Waals surface area (Å²) in [5, 5.41) is 5.82. The summed E-state index contributed by atoms with van der Waals surface area (Å²) in [6, 6.07) is 9.43. The lowest BCUT2D eigenvalue weighted by molar-refractivity contribution is 0.0926. The first-order valence-corrected chi connectivity index (χ1v) is 7.42. The van der Waals surface area contributed by atoms with Gasteiger partial charge in [0.1, 0.15) is 5.56 Å². The third-order valence-corrected chi connectivity index (χ3v) is 3.97. The zero-order valence-electron chi connectivity index (χ0n) is 11.8. The normalized spacial score (nSPS) is 15.8. The summed E-state index contributed by atoms with van der Waals surface area (Å²) < 4.78 is 1.38. The summed E-state index contributed by atoms with van der Waals surface area (Å²) in [4.78, 5) is 24.6. The molecule has 2 aromatic rings. The Kier molecular flexibility index (Phi) is 3.90. The van der Waals surface area contributed by atoms with Gasteiger partial charge in [-0.2, -0.15) is 0 Å². The number of carbonyl (C=O) groups is 1. The van der Waals surface area contributed by atoms with Crippen LogP contribution in [-0.2, 0) is 0 Å². The Balaban J connectivity index is 1.79. The molecule has 0 unspecified atom stereocenters. The van der Waals surface area contributed by atoms with Gasteiger partial charge in [-0.15, -0.1) is 0 Å². The zero-order chi connectivity index (χ0) is 14.7. The minimum atomic E-state index is -0.311. The molecule has 1 aliphatic carbocycles. The molecule has 1 amide bonds. The Morgan fingerprint density at radius 2 is 1.86 bits per heavy atom. The van der Waals surface area contributed by atoms with E-state index in [0.717, 1.165) is 31.4 Å². The van der Waals surface area contributed by atoms with Crippen molar-refractivity contribution >= 4 is 5.91 Å². The second-order valence-electron chi connectivity index (χ2n) is 5.47. The van der Waals surface area contributed by atoms with Gasteiger partial charge in [0.15, 0.2) is 0 Å². The molecule has 21 heavy (non-hydrogen) atoms. The van der Waals surface area contributed by atoms with Gasteiger partial charge in [0, 0.05) is 12.2 Å². The molecule has 1 aliphatic rings. The molecule has 0 bridgehead atoms. The number of nitrogens with zero attached hydrogens (tertiary/aromatic N) is 1. The number of hydrogen-bond donors (Lipinski definition) is 2. The first-order valence-electron chi connectivity index (χ1n) is 7.42. The van der Waals surface area contributed by atoms with Crippen LogP contribution in [0.4, 0.5) is 0 Å². The molecule has 1 aromatic heterocycles. The molecule has 1 aromatic carbocycles. The molecule has 0 aliphatic heterocycles. The summed E-state index contributed by atoms with van der Waals surface area (Å²) >= 11 is 0. The predicted octanol–water partition coefficient (Wildman–Crippen LogP) is 2.23. The van der Waals surface area contributed by atoms with Gasteiger partial charge in [0.2, 0.25) is 0 Å². The van der Waals surface area contributed by atoms with Crippen molar-refractivity contribution in [3.05, 3.63) is 52.4 Å². The molecule has 2 N–H and O–H groups in total. The van der Waals surface area contributed by atoms with Gasteiger partial charge in [-0.3, -0.25) is 14.7 Å². The minimum Gasteiger partial charge on any atom is -0.349 e. The highest BCUT2D eigenvalue weighted by atomic mass is 16.2. The lowest BCUT2D eigenvalue weighted by atomic mass is 9.95. The Morgan fingerprint density at radius 3 is 2.57 bits per heavy atom. The fourth-order valence-electron chi connectivity index (χ4n) is 2.81. The largest absolute Gasteiger partial charge is 0.349 e. The van der Waals surface area contributed by atoms with Crippen molar-refractivity contribution in [2.75, 3.05) is 0 Å². The van der Waals surface area contributed by atoms with Crippen LogP contribution in [0.2, 0.25) is 0 Å². The molecule has 3 rings (SSSR count). The van der Waals surface area contributed by atoms with Crippen molar-refractivity contribution in [3.8, 4) is 5.69 Å². The highest BCUT2D eigenvalue weighted by Gasteiger charge is 2.20. The van der Waals surface area contributed by atoms with E-state index in [0.29, 0.717) is 0 Å². The smallest absolute Gasteiger partial charge is 0.284 e. The molecule has 0 atom stereocenters. The second kappa shape index (κ2) is 5.99. The van der Waals surface area contributed by atoms with Gasteiger partial charge in [-0.1, -0.05) is 37.5 Å². The van der Waals surface area contributed by atoms with Gasteiger partial charge in [0.05, 0.1) is 5.69 Å². The standard InChI is InChI=1S/C16H19N3O2/c20-15(18-12-7-3-1-4-8-12)14-11-17-19(16(14)21)13-9-5-2-6-10-13/h2,5-6,9-12,17H,1,3-4,7-8H2,(H,18,20). The third kappa shape index (κ3) is 2.91. The van der Waals surface area contributed by atoms with Gasteiger partial charge in [-0.25, -0.2) is 4.68 Å². The monoisotopic (exact) mass is 285 g/mol. The van der Waals surface area contributed by atoms with Crippen LogP contribution in [0.25, 0.3) is 5.69 Å². The van der Waals surface area contributed by atoms with E-state index in [1.54, 1.807) is 0 Å². The van der Waals surface area contributed by atoms with Crippen LogP contribution in [0, 0.1) is 0 Å². The SMILES string of the molecule is O=C(NC1CCCCC1)c1c[nH]n(-c2ccccc2)c1=O. The molecular weight excluding hydrogens is 266 g/mol. The molecule has 110 valence electrons. The molecule has 0 radical (unpaired) electrons. The van der Waals surface area contributed by atoms with Crippen LogP contribution in [0.15, 0.2) is 41.3 Å². The summed E-state index contributed by atoms with van der Waals surface area (Å²) in [6.45, 7) is 0. The fraction of sp³-hybridized carbons (Fsp3) is 0.375. The van der Waals surface area contributed by atoms with Crippen molar-refractivity contribution in [1.29, 1.82) is 0 Å². The van der Waals surface area contributed by atoms with E-state index in [4.69, 9.17) is 0 Å². The van der Waals surface area contributed by atoms with Gasteiger partial charge in [-0.05, 0) is 25.0 Å². The number of aromatic nitrogens is 2. The van der Waals surface area contributed by atoms with Crippen LogP contribution < -0.4 is 10.9 Å². The molecule has 1 saturated carbocycles. The number of nitrogens with one attached hydrogen (secondary N) is 2. The van der Waals surface area contributed by atoms with Crippen LogP contribution in [0.3, 0.4) is 0 Å². The number of carbonyl (C=O) groups excluding carboxylic acids is 1. The van der Waals surface area contributed by atoms with E-state index >= 15 is 0 Å². The topological polar surface area (TPSA) is 66.9 Å². The van der Waals surface area contributed by atoms with E-state index in [1.165, 1.54) is 17.3 Å². The third-order valence-electron chi connectivity index (χ3n) is 3.97. The summed E-state index contributed by atoms with van der Waals surface area (Å²) in [7, 11) is 0. The number of para-hydroxylation sites is 1. The Labute approximate surface area is 123 Å². The highest BCUT2D eigenvalue weighted by Crippen LogP contribution is 2.17. The number of rotatable bonds is 3. The first-order chi connectivity index (χ1) is 10.3. The van der Waals surface area contributed by atoms with Crippen LogP contribution in [-0.4, -0.2) is 21.7 Å². The molecule has 5 nitrogen and oxygen atoms in total. The maximum Gasteiger partial charge on any atom is 0.284 e. The van der Waals surface area contributed by atoms with E-state index < -0.39 is 0 Å². The van der Waals surface area contributed by atoms with Crippen molar-refractivity contribution in [1.82, 2.24) is 15.1 Å². The summed E-state index contributed by atoms with van der Waals surface area (Å²) in [6.07, 6.45) is 7.01. The van der Waals surface area contributed by atoms with Gasteiger partial charge in [0.25, 0.3) is 11.5 Å². The molecule has 1 fully saturated rings. The van der Waals surface area contributed by atoms with E-state index in [2.05, 4.69) is 10.4 Å². The second-order valence-corrected chi connectivity index (χ2v) is 5.47. The Morgan fingerprint density at radius 1 is 1.14 bits per heavy atom. The molecule has 0 spiro atoms. The maximum absolute atomic E-state index is 12.3. The van der Waals surface area contributed by atoms with Crippen LogP contribution >= 0.6 is 0 Å². The molecule has 5 heteroatoms. The number of H-pyrrole nitrogens is 1. The van der Waals surface area contributed by atoms with Crippen LogP contribution in [0.1, 0.15) is 42.5 Å². The van der Waals surface area contributed by atoms with Crippen molar-refractivity contribution in [2.24, 2.45) is 0 Å². The average molecular weight is 285 g/mol. The van der Waals surface area contributed by atoms with Crippen molar-refractivity contribution < 1.29 is 4.79 Å². The van der Waals surface area contributed by atoms with Crippen molar-refractivity contribution in [3.63, 3.8) is 0 Å². The van der Waals surface area contributed by atoms with E-state index in [9.17, 15) is 9.59 Å². The molecule has 0 saturated heterocycles. The summed E-state index contributed by atoms with van der Waals surface area (Å²) in [5.74, 6) is -0.280. The molecular formula is C16H19N3O2. The lowest BCUT2D eigenvalue weighted by Gasteiger charge is -2.22. The van der Waals surface area contributed by atoms with Crippen molar-refractivity contribution in [2.45, 2.75) is 38.1 Å². The Hall–Kier alpha value is -2.30. The summed E-state index contributed by atoms with van der Waals surface area (Å²) in [5.41, 5.74) is 0.582.